The predicted octanol–water partition coefficient (Wildman–Crippen LogP) is 2.98. The first-order valence-corrected chi connectivity index (χ1v) is 5.80. The van der Waals surface area contributed by atoms with Crippen molar-refractivity contribution >= 4 is 15.9 Å². The molecular formula is C10H17BrN2O. The van der Waals surface area contributed by atoms with E-state index in [1.54, 1.807) is 0 Å². The average Bonchev–Trinajstić information content (AvgIpc) is 2.55. The first kappa shape index (κ1) is 11.7. The van der Waals surface area contributed by atoms with E-state index in [1.165, 1.54) is 0 Å². The lowest BCUT2D eigenvalue weighted by Crippen LogP contribution is -2.10. The van der Waals surface area contributed by atoms with E-state index in [-0.39, 0.29) is 0 Å². The molecule has 0 aliphatic carbocycles. The molecule has 0 amide bonds. The molecule has 0 unspecified atom stereocenters. The van der Waals surface area contributed by atoms with Crippen molar-refractivity contribution < 1.29 is 4.74 Å². The molecule has 1 rings (SSSR count). The lowest BCUT2D eigenvalue weighted by molar-refractivity contribution is 0.0464. The van der Waals surface area contributed by atoms with E-state index in [1.807, 2.05) is 10.9 Å². The number of hydrogen-bond donors (Lipinski definition) is 0. The van der Waals surface area contributed by atoms with Gasteiger partial charge in [-0.3, -0.25) is 4.68 Å². The third-order valence-corrected chi connectivity index (χ3v) is 2.94. The Kier molecular flexibility index (Phi) is 4.62. The van der Waals surface area contributed by atoms with Crippen molar-refractivity contribution in [2.75, 3.05) is 0 Å². The lowest BCUT2D eigenvalue weighted by Gasteiger charge is -2.11. The largest absolute Gasteiger partial charge is 0.372 e. The van der Waals surface area contributed by atoms with Crippen LogP contribution in [0, 0.1) is 0 Å². The topological polar surface area (TPSA) is 27.1 Å². The summed E-state index contributed by atoms with van der Waals surface area (Å²) in [4.78, 5) is 0. The molecule has 1 atom stereocenters. The van der Waals surface area contributed by atoms with E-state index >= 15 is 0 Å². The summed E-state index contributed by atoms with van der Waals surface area (Å²) in [7, 11) is 0. The molecule has 80 valence electrons. The zero-order valence-corrected chi connectivity index (χ0v) is 10.5. The molecule has 0 aromatic carbocycles. The van der Waals surface area contributed by atoms with E-state index < -0.39 is 0 Å². The van der Waals surface area contributed by atoms with Crippen molar-refractivity contribution in [2.24, 2.45) is 0 Å². The maximum atomic E-state index is 5.67. The van der Waals surface area contributed by atoms with Gasteiger partial charge in [0.15, 0.2) is 0 Å². The number of halogens is 1. The minimum atomic E-state index is 0.308. The molecule has 4 heteroatoms. The number of ether oxygens (including phenoxy) is 1. The van der Waals surface area contributed by atoms with E-state index in [0.717, 1.165) is 23.1 Å². The van der Waals surface area contributed by atoms with Gasteiger partial charge >= 0.3 is 0 Å². The molecule has 0 saturated carbocycles. The van der Waals surface area contributed by atoms with Gasteiger partial charge < -0.3 is 4.74 Å². The lowest BCUT2D eigenvalue weighted by atomic mass is 10.3. The average molecular weight is 261 g/mol. The van der Waals surface area contributed by atoms with Crippen molar-refractivity contribution in [1.82, 2.24) is 9.78 Å². The summed E-state index contributed by atoms with van der Waals surface area (Å²) in [6.07, 6.45) is 3.17. The van der Waals surface area contributed by atoms with Gasteiger partial charge in [-0.1, -0.05) is 6.92 Å². The quantitative estimate of drug-likeness (QED) is 0.814. The van der Waals surface area contributed by atoms with Gasteiger partial charge in [-0.2, -0.15) is 5.10 Å². The Labute approximate surface area is 93.6 Å². The van der Waals surface area contributed by atoms with E-state index in [9.17, 15) is 0 Å². The fraction of sp³-hybridized carbons (Fsp3) is 0.700. The number of aryl methyl sites for hydroxylation is 1. The zero-order chi connectivity index (χ0) is 10.6. The van der Waals surface area contributed by atoms with E-state index in [4.69, 9.17) is 4.74 Å². The predicted molar refractivity (Wildman–Crippen MR) is 60.1 cm³/mol. The highest BCUT2D eigenvalue weighted by Gasteiger charge is 2.08. The van der Waals surface area contributed by atoms with Crippen LogP contribution in [0.1, 0.15) is 32.9 Å². The highest BCUT2D eigenvalue weighted by Crippen LogP contribution is 2.17. The van der Waals surface area contributed by atoms with Gasteiger partial charge in [-0.15, -0.1) is 0 Å². The van der Waals surface area contributed by atoms with Crippen molar-refractivity contribution in [3.63, 3.8) is 0 Å². The molecule has 3 nitrogen and oxygen atoms in total. The second-order valence-corrected chi connectivity index (χ2v) is 4.14. The fourth-order valence-corrected chi connectivity index (χ4v) is 1.55. The van der Waals surface area contributed by atoms with Crippen molar-refractivity contribution in [2.45, 2.75) is 46.4 Å². The Balaban J connectivity index is 2.60. The number of aromatic nitrogens is 2. The zero-order valence-electron chi connectivity index (χ0n) is 8.96. The molecule has 0 spiro atoms. The molecule has 0 bridgehead atoms. The molecule has 0 aliphatic heterocycles. The van der Waals surface area contributed by atoms with Gasteiger partial charge in [0.05, 0.1) is 29.1 Å². The Bertz CT molecular complexity index is 286. The SMILES string of the molecule is CC[C@@H](C)OCc1c(Br)cnn1CC. The van der Waals surface area contributed by atoms with Gasteiger partial charge in [0.1, 0.15) is 0 Å². The number of nitrogens with zero attached hydrogens (tertiary/aromatic N) is 2. The third-order valence-electron chi connectivity index (χ3n) is 2.28. The van der Waals surface area contributed by atoms with Crippen molar-refractivity contribution in [3.8, 4) is 0 Å². The van der Waals surface area contributed by atoms with Crippen LogP contribution in [0.2, 0.25) is 0 Å². The van der Waals surface area contributed by atoms with Crippen LogP contribution >= 0.6 is 15.9 Å². The normalized spacial score (nSPS) is 13.1. The number of hydrogen-bond acceptors (Lipinski definition) is 2. The summed E-state index contributed by atoms with van der Waals surface area (Å²) in [6.45, 7) is 7.79. The standard InChI is InChI=1S/C10H17BrN2O/c1-4-8(3)14-7-10-9(11)6-12-13(10)5-2/h6,8H,4-5,7H2,1-3H3/t8-/m1/s1. The summed E-state index contributed by atoms with van der Waals surface area (Å²) in [5.74, 6) is 0. The summed E-state index contributed by atoms with van der Waals surface area (Å²) >= 11 is 3.47. The molecule has 0 saturated heterocycles. The van der Waals surface area contributed by atoms with Crippen LogP contribution in [0.5, 0.6) is 0 Å². The molecular weight excluding hydrogens is 244 g/mol. The molecule has 0 radical (unpaired) electrons. The minimum absolute atomic E-state index is 0.308. The monoisotopic (exact) mass is 260 g/mol. The summed E-state index contributed by atoms with van der Waals surface area (Å²) in [5.41, 5.74) is 1.12. The Morgan fingerprint density at radius 2 is 2.29 bits per heavy atom. The van der Waals surface area contributed by atoms with Crippen molar-refractivity contribution in [3.05, 3.63) is 16.4 Å². The molecule has 1 heterocycles. The van der Waals surface area contributed by atoms with E-state index in [0.29, 0.717) is 12.7 Å². The second kappa shape index (κ2) is 5.51. The van der Waals surface area contributed by atoms with Gasteiger partial charge in [0.25, 0.3) is 0 Å². The molecule has 14 heavy (non-hydrogen) atoms. The van der Waals surface area contributed by atoms with Crippen molar-refractivity contribution in [1.29, 1.82) is 0 Å². The van der Waals surface area contributed by atoms with Gasteiger partial charge in [-0.25, -0.2) is 0 Å². The van der Waals surface area contributed by atoms with Gasteiger partial charge in [-0.05, 0) is 36.2 Å². The van der Waals surface area contributed by atoms with Gasteiger partial charge in [0.2, 0.25) is 0 Å². The highest BCUT2D eigenvalue weighted by molar-refractivity contribution is 9.10. The third kappa shape index (κ3) is 2.82. The fourth-order valence-electron chi connectivity index (χ4n) is 1.14. The molecule has 1 aromatic heterocycles. The van der Waals surface area contributed by atoms with Crippen LogP contribution in [-0.4, -0.2) is 15.9 Å². The minimum Gasteiger partial charge on any atom is -0.372 e. The van der Waals surface area contributed by atoms with Crippen LogP contribution in [0.3, 0.4) is 0 Å². The molecule has 0 fully saturated rings. The summed E-state index contributed by atoms with van der Waals surface area (Å²) in [6, 6.07) is 0. The summed E-state index contributed by atoms with van der Waals surface area (Å²) < 4.78 is 8.65. The van der Waals surface area contributed by atoms with E-state index in [2.05, 4.69) is 41.8 Å². The van der Waals surface area contributed by atoms with Gasteiger partial charge in [0, 0.05) is 6.54 Å². The smallest absolute Gasteiger partial charge is 0.0899 e. The summed E-state index contributed by atoms with van der Waals surface area (Å²) in [5, 5.41) is 4.23. The Morgan fingerprint density at radius 3 is 2.86 bits per heavy atom. The van der Waals surface area contributed by atoms with Crippen LogP contribution in [0.4, 0.5) is 0 Å². The molecule has 1 aromatic rings. The second-order valence-electron chi connectivity index (χ2n) is 3.28. The van der Waals surface area contributed by atoms with Crippen LogP contribution in [0.25, 0.3) is 0 Å². The highest BCUT2D eigenvalue weighted by atomic mass is 79.9. The maximum Gasteiger partial charge on any atom is 0.0899 e. The maximum absolute atomic E-state index is 5.67. The van der Waals surface area contributed by atoms with Crippen LogP contribution < -0.4 is 0 Å². The first-order chi connectivity index (χ1) is 6.69. The Morgan fingerprint density at radius 1 is 1.57 bits per heavy atom. The molecule has 0 aliphatic rings. The molecule has 0 N–H and O–H groups in total. The first-order valence-electron chi connectivity index (χ1n) is 5.00. The number of rotatable bonds is 5. The van der Waals surface area contributed by atoms with Crippen LogP contribution in [0.15, 0.2) is 10.7 Å². The Hall–Kier alpha value is -0.350. The van der Waals surface area contributed by atoms with Crippen LogP contribution in [-0.2, 0) is 17.9 Å².